The molecule has 32 heavy (non-hydrogen) atoms. The van der Waals surface area contributed by atoms with Gasteiger partial charge < -0.3 is 15.2 Å². The van der Waals surface area contributed by atoms with Gasteiger partial charge in [0.1, 0.15) is 0 Å². The van der Waals surface area contributed by atoms with Crippen LogP contribution in [0.4, 0.5) is 10.5 Å². The van der Waals surface area contributed by atoms with E-state index in [9.17, 15) is 14.2 Å². The van der Waals surface area contributed by atoms with E-state index >= 15 is 0 Å². The quantitative estimate of drug-likeness (QED) is 0.315. The Morgan fingerprint density at radius 1 is 0.969 bits per heavy atom. The number of carbonyl (C=O) groups excluding carboxylic acids is 2. The van der Waals surface area contributed by atoms with Crippen molar-refractivity contribution in [3.8, 4) is 0 Å². The molecule has 0 saturated heterocycles. The normalized spacial score (nSPS) is 12.8. The van der Waals surface area contributed by atoms with Gasteiger partial charge in [0, 0.05) is 23.1 Å². The van der Waals surface area contributed by atoms with Gasteiger partial charge in [-0.3, -0.25) is 9.36 Å². The molecule has 0 spiro atoms. The summed E-state index contributed by atoms with van der Waals surface area (Å²) in [7, 11) is -3.80. The molecule has 0 fully saturated rings. The summed E-state index contributed by atoms with van der Waals surface area (Å²) < 4.78 is 19.4. The van der Waals surface area contributed by atoms with Gasteiger partial charge in [-0.05, 0) is 62.9 Å². The van der Waals surface area contributed by atoms with Crippen molar-refractivity contribution < 1.29 is 18.7 Å². The maximum absolute atomic E-state index is 13.8. The summed E-state index contributed by atoms with van der Waals surface area (Å²) in [5.41, 5.74) is 2.46. The summed E-state index contributed by atoms with van der Waals surface area (Å²) >= 11 is 0. The van der Waals surface area contributed by atoms with Gasteiger partial charge in [-0.1, -0.05) is 50.5 Å². The van der Waals surface area contributed by atoms with Crippen LogP contribution >= 0.6 is 7.37 Å². The summed E-state index contributed by atoms with van der Waals surface area (Å²) in [6.45, 7) is 10.1. The first-order valence-corrected chi connectivity index (χ1v) is 12.9. The molecule has 6 nitrogen and oxygen atoms in total. The first-order chi connectivity index (χ1) is 15.3. The number of hydrogen-bond donors (Lipinski definition) is 2. The Labute approximate surface area is 191 Å². The molecule has 0 aromatic heterocycles. The van der Waals surface area contributed by atoms with Gasteiger partial charge >= 0.3 is 13.4 Å². The maximum Gasteiger partial charge on any atom is 0.319 e. The van der Waals surface area contributed by atoms with Gasteiger partial charge in [-0.2, -0.15) is 0 Å². The molecule has 0 aliphatic carbocycles. The Kier molecular flexibility index (Phi) is 9.67. The van der Waals surface area contributed by atoms with E-state index in [1.807, 2.05) is 19.9 Å². The van der Waals surface area contributed by atoms with Crippen molar-refractivity contribution in [3.63, 3.8) is 0 Å². The molecule has 1 atom stereocenters. The lowest BCUT2D eigenvalue weighted by atomic mass is 9.98. The summed E-state index contributed by atoms with van der Waals surface area (Å²) in [5, 5.41) is 6.12. The third kappa shape index (κ3) is 6.08. The summed E-state index contributed by atoms with van der Waals surface area (Å²) in [6, 6.07) is 10.1. The van der Waals surface area contributed by atoms with Crippen molar-refractivity contribution in [1.82, 2.24) is 5.32 Å². The molecule has 0 heterocycles. The van der Waals surface area contributed by atoms with Gasteiger partial charge in [0.2, 0.25) is 0 Å². The average molecular weight is 459 g/mol. The summed E-state index contributed by atoms with van der Waals surface area (Å²) in [5.74, 6) is 0. The van der Waals surface area contributed by atoms with Crippen molar-refractivity contribution >= 4 is 29.9 Å². The number of rotatable bonds is 11. The Morgan fingerprint density at radius 3 is 2.28 bits per heavy atom. The van der Waals surface area contributed by atoms with Crippen LogP contribution in [-0.2, 0) is 9.09 Å². The zero-order valence-electron chi connectivity index (χ0n) is 19.8. The van der Waals surface area contributed by atoms with Crippen LogP contribution in [0.5, 0.6) is 0 Å². The predicted octanol–water partition coefficient (Wildman–Crippen LogP) is 6.09. The molecule has 7 heteroatoms. The molecule has 2 rings (SSSR count). The number of nitrogens with one attached hydrogen (secondary N) is 2. The lowest BCUT2D eigenvalue weighted by Crippen LogP contribution is -2.30. The molecule has 0 aliphatic rings. The fourth-order valence-corrected chi connectivity index (χ4v) is 5.89. The van der Waals surface area contributed by atoms with Crippen LogP contribution in [0.2, 0.25) is 0 Å². The molecule has 2 aromatic rings. The highest BCUT2D eigenvalue weighted by Gasteiger charge is 2.38. The third-order valence-electron chi connectivity index (χ3n) is 5.41. The van der Waals surface area contributed by atoms with Crippen LogP contribution in [0, 0.1) is 20.8 Å². The zero-order valence-corrected chi connectivity index (χ0v) is 20.7. The van der Waals surface area contributed by atoms with Crippen LogP contribution in [0.15, 0.2) is 36.4 Å². The van der Waals surface area contributed by atoms with Crippen LogP contribution in [-0.4, -0.2) is 24.7 Å². The van der Waals surface area contributed by atoms with E-state index < -0.39 is 12.9 Å². The molecular weight excluding hydrogens is 423 g/mol. The van der Waals surface area contributed by atoms with E-state index in [4.69, 9.17) is 4.52 Å². The van der Waals surface area contributed by atoms with Crippen molar-refractivity contribution in [2.24, 2.45) is 0 Å². The number of carbonyl (C=O) groups is 2. The topological polar surface area (TPSA) is 84.5 Å². The lowest BCUT2D eigenvalue weighted by Gasteiger charge is -2.22. The highest BCUT2D eigenvalue weighted by atomic mass is 31.2. The highest BCUT2D eigenvalue weighted by Crippen LogP contribution is 2.50. The molecule has 0 saturated carbocycles. The number of unbranched alkanes of at least 4 members (excludes halogenated alkanes) is 3. The molecule has 2 amide bonds. The smallest absolute Gasteiger partial charge is 0.319 e. The van der Waals surface area contributed by atoms with Crippen molar-refractivity contribution in [2.75, 3.05) is 18.5 Å². The van der Waals surface area contributed by atoms with E-state index in [1.54, 1.807) is 44.2 Å². The van der Waals surface area contributed by atoms with Crippen LogP contribution < -0.4 is 15.9 Å². The Balaban J connectivity index is 2.35. The molecule has 174 valence electrons. The number of aryl methyl sites for hydroxylation is 2. The highest BCUT2D eigenvalue weighted by molar-refractivity contribution is 7.83. The second-order valence-electron chi connectivity index (χ2n) is 7.94. The van der Waals surface area contributed by atoms with E-state index in [2.05, 4.69) is 17.6 Å². The van der Waals surface area contributed by atoms with Gasteiger partial charge in [0.05, 0.1) is 6.61 Å². The summed E-state index contributed by atoms with van der Waals surface area (Å²) in [4.78, 5) is 26.1. The first kappa shape index (κ1) is 25.8. The van der Waals surface area contributed by atoms with Gasteiger partial charge in [-0.25, -0.2) is 4.79 Å². The maximum atomic E-state index is 13.8. The lowest BCUT2D eigenvalue weighted by molar-refractivity contribution is 0.105. The van der Waals surface area contributed by atoms with Gasteiger partial charge in [-0.15, -0.1) is 0 Å². The minimum atomic E-state index is -3.80. The molecule has 0 aliphatic heterocycles. The molecule has 0 bridgehead atoms. The Bertz CT molecular complexity index is 989. The molecule has 0 radical (unpaired) electrons. The first-order valence-electron chi connectivity index (χ1n) is 11.3. The van der Waals surface area contributed by atoms with Gasteiger partial charge in [0.15, 0.2) is 0 Å². The van der Waals surface area contributed by atoms with Crippen molar-refractivity contribution in [2.45, 2.75) is 60.3 Å². The van der Waals surface area contributed by atoms with Crippen LogP contribution in [0.25, 0.3) is 0 Å². The molecule has 1 unspecified atom stereocenters. The van der Waals surface area contributed by atoms with Crippen LogP contribution in [0.1, 0.15) is 66.6 Å². The van der Waals surface area contributed by atoms with E-state index in [-0.39, 0.29) is 12.6 Å². The minimum Gasteiger partial charge on any atom is -0.338 e. The zero-order chi connectivity index (χ0) is 23.7. The molecular formula is C25H35N2O4P. The van der Waals surface area contributed by atoms with E-state index in [0.29, 0.717) is 34.2 Å². The third-order valence-corrected chi connectivity index (χ3v) is 7.77. The molecule has 2 aromatic carbocycles. The second kappa shape index (κ2) is 12.0. The fraction of sp³-hybridized carbons (Fsp3) is 0.440. The van der Waals surface area contributed by atoms with Crippen molar-refractivity contribution in [1.29, 1.82) is 0 Å². The SMILES string of the molecule is CCCCCCNC(=O)Nc1c(C)cc(C)c(C(=O)P(=O)(OCC)c2ccccc2)c1C. The van der Waals surface area contributed by atoms with E-state index in [0.717, 1.165) is 31.2 Å². The van der Waals surface area contributed by atoms with Crippen LogP contribution in [0.3, 0.4) is 0 Å². The number of hydrogen-bond acceptors (Lipinski definition) is 4. The molecule has 2 N–H and O–H groups in total. The fourth-order valence-electron chi connectivity index (χ4n) is 3.82. The Morgan fingerprint density at radius 2 is 1.66 bits per heavy atom. The van der Waals surface area contributed by atoms with Gasteiger partial charge in [0.25, 0.3) is 5.52 Å². The standard InChI is InChI=1S/C25H35N2O4P/c1-6-8-9-13-16-26-25(29)27-23-19(4)17-18(3)22(20(23)5)24(28)32(30,31-7-2)21-14-11-10-12-15-21/h10-12,14-15,17H,6-9,13,16H2,1-5H3,(H2,26,27,29). The Hall–Kier alpha value is -2.43. The van der Waals surface area contributed by atoms with E-state index in [1.165, 1.54) is 0 Å². The largest absolute Gasteiger partial charge is 0.338 e. The average Bonchev–Trinajstić information content (AvgIpc) is 2.77. The number of amides is 2. The number of benzene rings is 2. The number of urea groups is 1. The van der Waals surface area contributed by atoms with Crippen molar-refractivity contribution in [3.05, 3.63) is 58.7 Å². The predicted molar refractivity (Wildman–Crippen MR) is 131 cm³/mol. The minimum absolute atomic E-state index is 0.146. The second-order valence-corrected chi connectivity index (χ2v) is 10.2. The monoisotopic (exact) mass is 458 g/mol. The number of anilines is 1. The summed E-state index contributed by atoms with van der Waals surface area (Å²) in [6.07, 6.45) is 4.28.